The van der Waals surface area contributed by atoms with Gasteiger partial charge >= 0.3 is 0 Å². The monoisotopic (exact) mass is 289 g/mol. The Bertz CT molecular complexity index is 779. The molecule has 3 aromatic rings. The van der Waals surface area contributed by atoms with Crippen molar-refractivity contribution in [3.8, 4) is 0 Å². The van der Waals surface area contributed by atoms with Crippen molar-refractivity contribution in [1.29, 1.82) is 0 Å². The molecule has 20 heavy (non-hydrogen) atoms. The number of nitrogens with two attached hydrogens (primary N) is 1. The van der Waals surface area contributed by atoms with Gasteiger partial charge in [0, 0.05) is 11.6 Å². The van der Waals surface area contributed by atoms with Crippen LogP contribution in [0.4, 0.5) is 5.69 Å². The van der Waals surface area contributed by atoms with Crippen LogP contribution in [0.1, 0.15) is 21.4 Å². The Kier molecular flexibility index (Phi) is 3.07. The number of hydrogen-bond donors (Lipinski definition) is 2. The van der Waals surface area contributed by atoms with Gasteiger partial charge in [0.15, 0.2) is 5.82 Å². The fourth-order valence-electron chi connectivity index (χ4n) is 1.77. The summed E-state index contributed by atoms with van der Waals surface area (Å²) < 4.78 is 4.92. The first kappa shape index (κ1) is 12.5. The molecule has 3 aromatic heterocycles. The van der Waals surface area contributed by atoms with Crippen LogP contribution in [0, 0.1) is 6.92 Å². The Labute approximate surface area is 117 Å². The van der Waals surface area contributed by atoms with Gasteiger partial charge in [-0.1, -0.05) is 5.16 Å². The van der Waals surface area contributed by atoms with Gasteiger partial charge in [0.2, 0.25) is 5.89 Å². The third-order valence-corrected chi connectivity index (χ3v) is 3.81. The van der Waals surface area contributed by atoms with E-state index < -0.39 is 0 Å². The lowest BCUT2D eigenvalue weighted by Crippen LogP contribution is -2.22. The van der Waals surface area contributed by atoms with Gasteiger partial charge in [0.1, 0.15) is 9.71 Å². The molecule has 0 saturated heterocycles. The van der Waals surface area contributed by atoms with Gasteiger partial charge in [0.05, 0.1) is 12.2 Å². The van der Waals surface area contributed by atoms with Gasteiger partial charge in [-0.15, -0.1) is 11.3 Å². The SMILES string of the molecule is Cc1noc(CNC(=O)c2sc3ncccc3c2N)n1. The third-order valence-electron chi connectivity index (χ3n) is 2.68. The predicted octanol–water partition coefficient (Wildman–Crippen LogP) is 1.50. The molecule has 0 atom stereocenters. The number of nitrogen functional groups attached to an aromatic ring is 1. The molecular weight excluding hydrogens is 278 g/mol. The number of hydrogen-bond acceptors (Lipinski definition) is 7. The van der Waals surface area contributed by atoms with Gasteiger partial charge in [0.25, 0.3) is 5.91 Å². The number of carbonyl (C=O) groups excluding carboxylic acids is 1. The Balaban J connectivity index is 1.80. The highest BCUT2D eigenvalue weighted by Crippen LogP contribution is 2.31. The molecule has 0 bridgehead atoms. The minimum atomic E-state index is -0.277. The number of thiophene rings is 1. The van der Waals surface area contributed by atoms with Crippen LogP contribution in [0.25, 0.3) is 10.2 Å². The van der Waals surface area contributed by atoms with Gasteiger partial charge in [-0.3, -0.25) is 4.79 Å². The molecule has 0 radical (unpaired) electrons. The highest BCUT2D eigenvalue weighted by Gasteiger charge is 2.17. The second-order valence-corrected chi connectivity index (χ2v) is 5.12. The number of aryl methyl sites for hydroxylation is 1. The van der Waals surface area contributed by atoms with Crippen molar-refractivity contribution in [1.82, 2.24) is 20.4 Å². The summed E-state index contributed by atoms with van der Waals surface area (Å²) in [7, 11) is 0. The molecule has 3 rings (SSSR count). The summed E-state index contributed by atoms with van der Waals surface area (Å²) in [4.78, 5) is 21.5. The van der Waals surface area contributed by atoms with Crippen LogP contribution < -0.4 is 11.1 Å². The Morgan fingerprint density at radius 2 is 2.40 bits per heavy atom. The Morgan fingerprint density at radius 1 is 1.55 bits per heavy atom. The number of amides is 1. The first-order chi connectivity index (χ1) is 9.65. The number of rotatable bonds is 3. The van der Waals surface area contributed by atoms with E-state index in [4.69, 9.17) is 10.3 Å². The average Bonchev–Trinajstić information content (AvgIpc) is 3.01. The van der Waals surface area contributed by atoms with E-state index >= 15 is 0 Å². The number of pyridine rings is 1. The number of fused-ring (bicyclic) bond motifs is 1. The first-order valence-electron chi connectivity index (χ1n) is 5.85. The lowest BCUT2D eigenvalue weighted by atomic mass is 10.2. The van der Waals surface area contributed by atoms with Crippen LogP contribution in [0.2, 0.25) is 0 Å². The van der Waals surface area contributed by atoms with E-state index in [1.807, 2.05) is 6.07 Å². The van der Waals surface area contributed by atoms with Crippen molar-refractivity contribution < 1.29 is 9.32 Å². The molecule has 0 spiro atoms. The van der Waals surface area contributed by atoms with Crippen LogP contribution in [-0.4, -0.2) is 21.0 Å². The number of carbonyl (C=O) groups is 1. The quantitative estimate of drug-likeness (QED) is 0.756. The molecule has 3 heterocycles. The molecule has 3 N–H and O–H groups in total. The molecule has 0 aliphatic rings. The zero-order valence-corrected chi connectivity index (χ0v) is 11.4. The van der Waals surface area contributed by atoms with E-state index in [2.05, 4.69) is 20.4 Å². The zero-order chi connectivity index (χ0) is 14.1. The molecule has 7 nitrogen and oxygen atoms in total. The zero-order valence-electron chi connectivity index (χ0n) is 10.6. The lowest BCUT2D eigenvalue weighted by Gasteiger charge is -2.00. The van der Waals surface area contributed by atoms with Crippen molar-refractivity contribution >= 4 is 33.1 Å². The number of nitrogens with one attached hydrogen (secondary N) is 1. The van der Waals surface area contributed by atoms with E-state index in [9.17, 15) is 4.79 Å². The van der Waals surface area contributed by atoms with Crippen LogP contribution in [-0.2, 0) is 6.54 Å². The van der Waals surface area contributed by atoms with E-state index in [1.165, 1.54) is 11.3 Å². The summed E-state index contributed by atoms with van der Waals surface area (Å²) >= 11 is 1.26. The largest absolute Gasteiger partial charge is 0.397 e. The highest BCUT2D eigenvalue weighted by atomic mass is 32.1. The minimum Gasteiger partial charge on any atom is -0.397 e. The third kappa shape index (κ3) is 2.21. The van der Waals surface area contributed by atoms with Crippen molar-refractivity contribution in [3.63, 3.8) is 0 Å². The summed E-state index contributed by atoms with van der Waals surface area (Å²) in [6.45, 7) is 1.88. The van der Waals surface area contributed by atoms with Crippen molar-refractivity contribution in [3.05, 3.63) is 34.9 Å². The van der Waals surface area contributed by atoms with Crippen LogP contribution in [0.5, 0.6) is 0 Å². The molecule has 1 amide bonds. The van der Waals surface area contributed by atoms with Gasteiger partial charge in [-0.2, -0.15) is 4.98 Å². The standard InChI is InChI=1S/C12H11N5O2S/c1-6-16-8(19-17-6)5-15-11(18)10-9(13)7-3-2-4-14-12(7)20-10/h2-4H,5,13H2,1H3,(H,15,18). The fourth-order valence-corrected chi connectivity index (χ4v) is 2.75. The van der Waals surface area contributed by atoms with Crippen molar-refractivity contribution in [2.24, 2.45) is 0 Å². The minimum absolute atomic E-state index is 0.167. The maximum Gasteiger partial charge on any atom is 0.264 e. The van der Waals surface area contributed by atoms with E-state index in [1.54, 1.807) is 19.2 Å². The number of aromatic nitrogens is 3. The first-order valence-corrected chi connectivity index (χ1v) is 6.67. The topological polar surface area (TPSA) is 107 Å². The Hall–Kier alpha value is -2.48. The second kappa shape index (κ2) is 4.89. The van der Waals surface area contributed by atoms with Gasteiger partial charge in [-0.25, -0.2) is 4.98 Å². The molecule has 0 aromatic carbocycles. The van der Waals surface area contributed by atoms with E-state index in [0.29, 0.717) is 22.3 Å². The van der Waals surface area contributed by atoms with Crippen molar-refractivity contribution in [2.45, 2.75) is 13.5 Å². The molecule has 8 heteroatoms. The van der Waals surface area contributed by atoms with Crippen molar-refractivity contribution in [2.75, 3.05) is 5.73 Å². The average molecular weight is 289 g/mol. The fraction of sp³-hybridized carbons (Fsp3) is 0.167. The molecule has 0 unspecified atom stereocenters. The number of anilines is 1. The molecule has 102 valence electrons. The lowest BCUT2D eigenvalue weighted by molar-refractivity contribution is 0.0951. The predicted molar refractivity (Wildman–Crippen MR) is 74.2 cm³/mol. The summed E-state index contributed by atoms with van der Waals surface area (Å²) in [6.07, 6.45) is 1.67. The molecule has 0 saturated carbocycles. The van der Waals surface area contributed by atoms with Crippen LogP contribution in [0.3, 0.4) is 0 Å². The molecule has 0 aliphatic heterocycles. The number of nitrogens with zero attached hydrogens (tertiary/aromatic N) is 3. The maximum atomic E-state index is 12.1. The van der Waals surface area contributed by atoms with Gasteiger partial charge in [-0.05, 0) is 19.1 Å². The van der Waals surface area contributed by atoms with Crippen LogP contribution in [0.15, 0.2) is 22.9 Å². The van der Waals surface area contributed by atoms with Gasteiger partial charge < -0.3 is 15.6 Å². The molecule has 0 aliphatic carbocycles. The smallest absolute Gasteiger partial charge is 0.264 e. The van der Waals surface area contributed by atoms with E-state index in [0.717, 1.165) is 10.2 Å². The normalized spacial score (nSPS) is 10.8. The summed E-state index contributed by atoms with van der Waals surface area (Å²) in [5.41, 5.74) is 6.41. The second-order valence-electron chi connectivity index (χ2n) is 4.12. The summed E-state index contributed by atoms with van der Waals surface area (Å²) in [5.74, 6) is 0.606. The Morgan fingerprint density at radius 3 is 3.10 bits per heavy atom. The van der Waals surface area contributed by atoms with E-state index in [-0.39, 0.29) is 12.5 Å². The highest BCUT2D eigenvalue weighted by molar-refractivity contribution is 7.21. The summed E-state index contributed by atoms with van der Waals surface area (Å²) in [5, 5.41) is 7.14. The molecule has 0 fully saturated rings. The maximum absolute atomic E-state index is 12.1. The molecular formula is C12H11N5O2S. The summed E-state index contributed by atoms with van der Waals surface area (Å²) in [6, 6.07) is 3.63. The van der Waals surface area contributed by atoms with Crippen LogP contribution >= 0.6 is 11.3 Å².